The Morgan fingerprint density at radius 1 is 1.31 bits per heavy atom. The van der Waals surface area contributed by atoms with Gasteiger partial charge in [-0.15, -0.1) is 0 Å². The minimum atomic E-state index is -1.16. The third kappa shape index (κ3) is 3.49. The maximum Gasteiger partial charge on any atom is 0.326 e. The number of anilines is 1. The van der Waals surface area contributed by atoms with E-state index in [-0.39, 0.29) is 12.2 Å². The van der Waals surface area contributed by atoms with Crippen molar-refractivity contribution in [2.75, 3.05) is 5.32 Å². The fourth-order valence-corrected chi connectivity index (χ4v) is 1.16. The van der Waals surface area contributed by atoms with Gasteiger partial charge < -0.3 is 21.3 Å². The Morgan fingerprint density at radius 2 is 1.88 bits per heavy atom. The number of benzene rings is 1. The lowest BCUT2D eigenvalue weighted by Gasteiger charge is -2.13. The number of carbonyl (C=O) groups excluding carboxylic acids is 1. The molecule has 0 unspecified atom stereocenters. The number of nitrogens with one attached hydrogen (secondary N) is 1. The minimum Gasteiger partial charge on any atom is -0.508 e. The number of carboxylic acid groups (broad SMARTS) is 1. The van der Waals surface area contributed by atoms with Gasteiger partial charge in [0.1, 0.15) is 11.8 Å². The number of hydrogen-bond donors (Lipinski definition) is 4. The van der Waals surface area contributed by atoms with E-state index >= 15 is 0 Å². The van der Waals surface area contributed by atoms with Crippen LogP contribution in [0.3, 0.4) is 0 Å². The summed E-state index contributed by atoms with van der Waals surface area (Å²) in [4.78, 5) is 21.4. The molecule has 0 bridgehead atoms. The average Bonchev–Trinajstić information content (AvgIpc) is 2.19. The van der Waals surface area contributed by atoms with Crippen molar-refractivity contribution < 1.29 is 19.8 Å². The standard InChI is InChI=1S/C10H12N2O4/c11-9(14)5-8(10(15)16)12-6-1-3-7(13)4-2-6/h1-4,8,12-13H,5H2,(H2,11,14)(H,15,16)/t8-/m0/s1. The predicted octanol–water partition coefficient (Wildman–Crippen LogP) is 0.133. The smallest absolute Gasteiger partial charge is 0.326 e. The van der Waals surface area contributed by atoms with Crippen LogP contribution in [0.1, 0.15) is 6.42 Å². The molecule has 0 heterocycles. The molecule has 0 fully saturated rings. The van der Waals surface area contributed by atoms with Gasteiger partial charge in [-0.2, -0.15) is 0 Å². The molecular weight excluding hydrogens is 212 g/mol. The Balaban J connectivity index is 2.71. The van der Waals surface area contributed by atoms with Gasteiger partial charge in [-0.05, 0) is 24.3 Å². The van der Waals surface area contributed by atoms with Crippen molar-refractivity contribution in [1.82, 2.24) is 0 Å². The summed E-state index contributed by atoms with van der Waals surface area (Å²) in [5.74, 6) is -1.78. The van der Waals surface area contributed by atoms with Gasteiger partial charge >= 0.3 is 5.97 Å². The molecule has 5 N–H and O–H groups in total. The lowest BCUT2D eigenvalue weighted by atomic mass is 10.2. The highest BCUT2D eigenvalue weighted by molar-refractivity contribution is 5.85. The number of phenolic OH excluding ortho intramolecular Hbond substituents is 1. The highest BCUT2D eigenvalue weighted by Gasteiger charge is 2.19. The first-order valence-corrected chi connectivity index (χ1v) is 4.55. The summed E-state index contributed by atoms with van der Waals surface area (Å²) in [5.41, 5.74) is 5.42. The van der Waals surface area contributed by atoms with Crippen LogP contribution in [0.5, 0.6) is 5.75 Å². The molecule has 0 spiro atoms. The molecule has 1 aromatic rings. The zero-order valence-corrected chi connectivity index (χ0v) is 8.38. The van der Waals surface area contributed by atoms with E-state index in [4.69, 9.17) is 15.9 Å². The first-order chi connectivity index (χ1) is 7.49. The SMILES string of the molecule is NC(=O)C[C@H](Nc1ccc(O)cc1)C(=O)O. The van der Waals surface area contributed by atoms with Gasteiger partial charge in [0.05, 0.1) is 6.42 Å². The first kappa shape index (κ1) is 11.8. The van der Waals surface area contributed by atoms with Crippen LogP contribution < -0.4 is 11.1 Å². The number of nitrogens with two attached hydrogens (primary N) is 1. The highest BCUT2D eigenvalue weighted by Crippen LogP contribution is 2.15. The van der Waals surface area contributed by atoms with Crippen molar-refractivity contribution in [3.8, 4) is 5.75 Å². The van der Waals surface area contributed by atoms with E-state index in [0.717, 1.165) is 0 Å². The van der Waals surface area contributed by atoms with E-state index in [2.05, 4.69) is 5.32 Å². The van der Waals surface area contributed by atoms with E-state index in [9.17, 15) is 9.59 Å². The van der Waals surface area contributed by atoms with Crippen LogP contribution >= 0.6 is 0 Å². The molecule has 6 nitrogen and oxygen atoms in total. The number of phenols is 1. The molecular formula is C10H12N2O4. The van der Waals surface area contributed by atoms with Crippen LogP contribution in [0.2, 0.25) is 0 Å². The second-order valence-corrected chi connectivity index (χ2v) is 3.25. The van der Waals surface area contributed by atoms with E-state index in [0.29, 0.717) is 5.69 Å². The number of carbonyl (C=O) groups is 2. The summed E-state index contributed by atoms with van der Waals surface area (Å²) in [6, 6.07) is 4.76. The van der Waals surface area contributed by atoms with Crippen molar-refractivity contribution in [2.45, 2.75) is 12.5 Å². The van der Waals surface area contributed by atoms with Crippen LogP contribution in [0.15, 0.2) is 24.3 Å². The lowest BCUT2D eigenvalue weighted by Crippen LogP contribution is -2.33. The van der Waals surface area contributed by atoms with Crippen molar-refractivity contribution in [3.05, 3.63) is 24.3 Å². The van der Waals surface area contributed by atoms with Crippen molar-refractivity contribution in [1.29, 1.82) is 0 Å². The monoisotopic (exact) mass is 224 g/mol. The number of carboxylic acids is 1. The summed E-state index contributed by atoms with van der Waals surface area (Å²) in [5, 5.41) is 20.5. The van der Waals surface area contributed by atoms with Crippen LogP contribution in [-0.4, -0.2) is 28.1 Å². The fraction of sp³-hybridized carbons (Fsp3) is 0.200. The molecule has 6 heteroatoms. The molecule has 16 heavy (non-hydrogen) atoms. The van der Waals surface area contributed by atoms with Crippen molar-refractivity contribution in [2.24, 2.45) is 5.73 Å². The Kier molecular flexibility index (Phi) is 3.71. The summed E-state index contributed by atoms with van der Waals surface area (Å²) >= 11 is 0. The molecule has 86 valence electrons. The van der Waals surface area contributed by atoms with Gasteiger partial charge in [-0.25, -0.2) is 4.79 Å². The van der Waals surface area contributed by atoms with Crippen LogP contribution in [0.4, 0.5) is 5.69 Å². The summed E-state index contributed by atoms with van der Waals surface area (Å²) in [7, 11) is 0. The lowest BCUT2D eigenvalue weighted by molar-refractivity contribution is -0.139. The largest absolute Gasteiger partial charge is 0.508 e. The maximum atomic E-state index is 10.8. The maximum absolute atomic E-state index is 10.8. The molecule has 0 aliphatic carbocycles. The molecule has 1 rings (SSSR count). The van der Waals surface area contributed by atoms with E-state index in [1.165, 1.54) is 24.3 Å². The first-order valence-electron chi connectivity index (χ1n) is 4.55. The van der Waals surface area contributed by atoms with E-state index in [1.807, 2.05) is 0 Å². The zero-order chi connectivity index (χ0) is 12.1. The Labute approximate surface area is 91.7 Å². The quantitative estimate of drug-likeness (QED) is 0.531. The van der Waals surface area contributed by atoms with Crippen LogP contribution in [0.25, 0.3) is 0 Å². The van der Waals surface area contributed by atoms with Gasteiger partial charge in [-0.3, -0.25) is 4.79 Å². The van der Waals surface area contributed by atoms with Crippen LogP contribution in [0, 0.1) is 0 Å². The minimum absolute atomic E-state index is 0.0762. The molecule has 0 saturated carbocycles. The number of aromatic hydroxyl groups is 1. The average molecular weight is 224 g/mol. The predicted molar refractivity (Wildman–Crippen MR) is 57.0 cm³/mol. The molecule has 1 amide bonds. The third-order valence-electron chi connectivity index (χ3n) is 1.91. The van der Waals surface area contributed by atoms with E-state index < -0.39 is 17.9 Å². The van der Waals surface area contributed by atoms with Crippen molar-refractivity contribution >= 4 is 17.6 Å². The van der Waals surface area contributed by atoms with Gasteiger partial charge in [0.25, 0.3) is 0 Å². The highest BCUT2D eigenvalue weighted by atomic mass is 16.4. The molecule has 0 aliphatic rings. The normalized spacial score (nSPS) is 11.8. The summed E-state index contributed by atoms with van der Waals surface area (Å²) < 4.78 is 0. The van der Waals surface area contributed by atoms with Crippen molar-refractivity contribution in [3.63, 3.8) is 0 Å². The third-order valence-corrected chi connectivity index (χ3v) is 1.91. The molecule has 0 saturated heterocycles. The molecule has 0 aliphatic heterocycles. The topological polar surface area (TPSA) is 113 Å². The summed E-state index contributed by atoms with van der Waals surface area (Å²) in [6.07, 6.45) is -0.295. The Bertz CT molecular complexity index is 388. The molecule has 0 aromatic heterocycles. The second kappa shape index (κ2) is 5.01. The second-order valence-electron chi connectivity index (χ2n) is 3.25. The van der Waals surface area contributed by atoms with E-state index in [1.54, 1.807) is 0 Å². The van der Waals surface area contributed by atoms with Gasteiger partial charge in [0, 0.05) is 5.69 Å². The van der Waals surface area contributed by atoms with Gasteiger partial charge in [0.15, 0.2) is 0 Å². The molecule has 1 atom stereocenters. The number of aliphatic carboxylic acids is 1. The molecule has 1 aromatic carbocycles. The Morgan fingerprint density at radius 3 is 2.31 bits per heavy atom. The number of amides is 1. The zero-order valence-electron chi connectivity index (χ0n) is 8.38. The van der Waals surface area contributed by atoms with Crippen LogP contribution in [-0.2, 0) is 9.59 Å². The number of rotatable bonds is 5. The molecule has 0 radical (unpaired) electrons. The number of hydrogen-bond acceptors (Lipinski definition) is 4. The Hall–Kier alpha value is -2.24. The summed E-state index contributed by atoms with van der Waals surface area (Å²) in [6.45, 7) is 0. The van der Waals surface area contributed by atoms with Gasteiger partial charge in [-0.1, -0.05) is 0 Å². The fourth-order valence-electron chi connectivity index (χ4n) is 1.16. The number of primary amides is 1. The van der Waals surface area contributed by atoms with Gasteiger partial charge in [0.2, 0.25) is 5.91 Å².